The van der Waals surface area contributed by atoms with Crippen molar-refractivity contribution >= 4 is 34.6 Å². The van der Waals surface area contributed by atoms with Crippen molar-refractivity contribution in [2.75, 3.05) is 36.0 Å². The Labute approximate surface area is 308 Å². The van der Waals surface area contributed by atoms with Gasteiger partial charge in [-0.05, 0) is 92.3 Å². The fourth-order valence-electron chi connectivity index (χ4n) is 6.10. The van der Waals surface area contributed by atoms with E-state index < -0.39 is 5.82 Å². The maximum absolute atomic E-state index is 14.2. The highest BCUT2D eigenvalue weighted by molar-refractivity contribution is 5.80. The standard InChI is InChI=1S/C20H20FN5O.C20H23FN4O/c1-13(2)14-3-4-15(18(21)9-14)10-20(27)23-17-7-8-26(12-17)19-6-5-16(11-22)24-25-19;1-13(2)15-5-6-16(18(21)10-15)11-20(26)22-17-8-9-25(12-17)19-7-4-14(3)23-24-19/h3-6,9,17H,1,7-8,10,12H2,2H3,(H,23,27);4-7,10,17H,1,8-9,11-12H2,2-3H3,(H,22,26)/t2*17-/m00/s1. The molecule has 6 rings (SSSR count). The summed E-state index contributed by atoms with van der Waals surface area (Å²) in [7, 11) is 0. The smallest absolute Gasteiger partial charge is 0.224 e. The number of benzene rings is 2. The van der Waals surface area contributed by atoms with E-state index in [1.54, 1.807) is 36.4 Å². The summed E-state index contributed by atoms with van der Waals surface area (Å²) in [5.41, 5.74) is 4.95. The van der Waals surface area contributed by atoms with Gasteiger partial charge in [0.2, 0.25) is 11.8 Å². The van der Waals surface area contributed by atoms with E-state index in [2.05, 4.69) is 49.1 Å². The summed E-state index contributed by atoms with van der Waals surface area (Å²) in [6.07, 6.45) is 1.63. The molecule has 13 heteroatoms. The number of anilines is 2. The lowest BCUT2D eigenvalue weighted by Crippen LogP contribution is -2.38. The van der Waals surface area contributed by atoms with Gasteiger partial charge in [0.15, 0.2) is 17.3 Å². The molecule has 0 radical (unpaired) electrons. The molecule has 0 bridgehead atoms. The number of aromatic nitrogens is 4. The number of hydrogen-bond donors (Lipinski definition) is 2. The van der Waals surface area contributed by atoms with E-state index in [1.165, 1.54) is 12.1 Å². The van der Waals surface area contributed by atoms with Gasteiger partial charge in [-0.3, -0.25) is 9.59 Å². The molecule has 2 N–H and O–H groups in total. The number of allylic oxidation sites excluding steroid dienone is 2. The van der Waals surface area contributed by atoms with Gasteiger partial charge in [0.1, 0.15) is 17.7 Å². The van der Waals surface area contributed by atoms with Crippen LogP contribution in [-0.2, 0) is 22.4 Å². The lowest BCUT2D eigenvalue weighted by molar-refractivity contribution is -0.121. The molecule has 2 fully saturated rings. The minimum absolute atomic E-state index is 0.00449. The van der Waals surface area contributed by atoms with Gasteiger partial charge in [-0.2, -0.15) is 10.4 Å². The van der Waals surface area contributed by atoms with Crippen molar-refractivity contribution in [3.05, 3.63) is 119 Å². The number of carbonyl (C=O) groups is 2. The zero-order chi connectivity index (χ0) is 38.1. The van der Waals surface area contributed by atoms with E-state index in [0.29, 0.717) is 30.0 Å². The Kier molecular flexibility index (Phi) is 12.6. The van der Waals surface area contributed by atoms with Gasteiger partial charge in [0.25, 0.3) is 0 Å². The zero-order valence-corrected chi connectivity index (χ0v) is 30.2. The van der Waals surface area contributed by atoms with Crippen molar-refractivity contribution in [3.63, 3.8) is 0 Å². The van der Waals surface area contributed by atoms with Crippen LogP contribution in [0.2, 0.25) is 0 Å². The average Bonchev–Trinajstić information content (AvgIpc) is 3.80. The van der Waals surface area contributed by atoms with Crippen molar-refractivity contribution in [2.24, 2.45) is 0 Å². The SMILES string of the molecule is C=C(C)c1ccc(CC(=O)N[C@H]2CCN(c3ccc(C#N)nn3)C2)c(F)c1.C=C(C)c1ccc(CC(=O)N[C@H]2CCN(c3ccc(C)nn3)C2)c(F)c1. The summed E-state index contributed by atoms with van der Waals surface area (Å²) in [6.45, 7) is 15.9. The van der Waals surface area contributed by atoms with E-state index in [9.17, 15) is 18.4 Å². The molecule has 2 aliphatic heterocycles. The van der Waals surface area contributed by atoms with Gasteiger partial charge in [-0.15, -0.1) is 15.3 Å². The first kappa shape index (κ1) is 38.2. The highest BCUT2D eigenvalue weighted by atomic mass is 19.1. The third kappa shape index (κ3) is 10.5. The van der Waals surface area contributed by atoms with E-state index in [4.69, 9.17) is 5.26 Å². The van der Waals surface area contributed by atoms with Crippen LogP contribution < -0.4 is 20.4 Å². The number of carbonyl (C=O) groups excluding carboxylic acids is 2. The Morgan fingerprint density at radius 3 is 1.60 bits per heavy atom. The Morgan fingerprint density at radius 1 is 0.755 bits per heavy atom. The van der Waals surface area contributed by atoms with Gasteiger partial charge in [0, 0.05) is 38.3 Å². The quantitative estimate of drug-likeness (QED) is 0.222. The molecule has 0 unspecified atom stereocenters. The largest absolute Gasteiger partial charge is 0.353 e. The van der Waals surface area contributed by atoms with E-state index in [0.717, 1.165) is 59.7 Å². The molecular weight excluding hydrogens is 676 g/mol. The van der Waals surface area contributed by atoms with Crippen molar-refractivity contribution in [1.82, 2.24) is 31.0 Å². The summed E-state index contributed by atoms with van der Waals surface area (Å²) < 4.78 is 28.3. The third-order valence-corrected chi connectivity index (χ3v) is 9.10. The van der Waals surface area contributed by atoms with E-state index in [1.807, 2.05) is 43.9 Å². The zero-order valence-electron chi connectivity index (χ0n) is 30.2. The number of hydrogen-bond acceptors (Lipinski definition) is 9. The van der Waals surface area contributed by atoms with Crippen molar-refractivity contribution in [2.45, 2.75) is 58.5 Å². The van der Waals surface area contributed by atoms with Crippen LogP contribution in [0.3, 0.4) is 0 Å². The highest BCUT2D eigenvalue weighted by Gasteiger charge is 2.26. The molecule has 2 aromatic heterocycles. The van der Waals surface area contributed by atoms with Gasteiger partial charge in [-0.25, -0.2) is 8.78 Å². The molecular formula is C40H43F2N9O2. The summed E-state index contributed by atoms with van der Waals surface area (Å²) in [5.74, 6) is 0.333. The van der Waals surface area contributed by atoms with Crippen molar-refractivity contribution in [1.29, 1.82) is 5.26 Å². The molecule has 0 saturated carbocycles. The number of rotatable bonds is 10. The van der Waals surface area contributed by atoms with Crippen LogP contribution in [0.25, 0.3) is 11.1 Å². The normalized spacial score (nSPS) is 16.3. The molecule has 11 nitrogen and oxygen atoms in total. The number of nitrogens with zero attached hydrogens (tertiary/aromatic N) is 7. The molecule has 2 aromatic carbocycles. The molecule has 2 aliphatic rings. The second kappa shape index (κ2) is 17.5. The third-order valence-electron chi connectivity index (χ3n) is 9.10. The van der Waals surface area contributed by atoms with Crippen LogP contribution >= 0.6 is 0 Å². The predicted octanol–water partition coefficient (Wildman–Crippen LogP) is 5.35. The van der Waals surface area contributed by atoms with Gasteiger partial charge in [-0.1, -0.05) is 48.6 Å². The van der Waals surface area contributed by atoms with Crippen LogP contribution in [0.5, 0.6) is 0 Å². The Hall–Kier alpha value is -6.03. The maximum atomic E-state index is 14.2. The van der Waals surface area contributed by atoms with Gasteiger partial charge >= 0.3 is 0 Å². The van der Waals surface area contributed by atoms with Crippen LogP contribution in [0.1, 0.15) is 60.3 Å². The Morgan fingerprint density at radius 2 is 1.23 bits per heavy atom. The molecule has 2 amide bonds. The first-order valence-corrected chi connectivity index (χ1v) is 17.4. The van der Waals surface area contributed by atoms with Gasteiger partial charge < -0.3 is 20.4 Å². The molecule has 0 aliphatic carbocycles. The summed E-state index contributed by atoms with van der Waals surface area (Å²) in [4.78, 5) is 28.7. The summed E-state index contributed by atoms with van der Waals surface area (Å²) in [5, 5.41) is 30.8. The number of nitriles is 1. The van der Waals surface area contributed by atoms with E-state index in [-0.39, 0.29) is 48.3 Å². The van der Waals surface area contributed by atoms with Crippen LogP contribution in [0.15, 0.2) is 73.8 Å². The molecule has 2 saturated heterocycles. The lowest BCUT2D eigenvalue weighted by Gasteiger charge is -2.17. The number of nitrogens with one attached hydrogen (secondary N) is 2. The van der Waals surface area contributed by atoms with Crippen molar-refractivity contribution < 1.29 is 18.4 Å². The molecule has 4 aromatic rings. The Bertz CT molecular complexity index is 2010. The minimum Gasteiger partial charge on any atom is -0.353 e. The van der Waals surface area contributed by atoms with Crippen LogP contribution in [0, 0.1) is 29.9 Å². The second-order valence-corrected chi connectivity index (χ2v) is 13.4. The summed E-state index contributed by atoms with van der Waals surface area (Å²) in [6, 6.07) is 18.8. The predicted molar refractivity (Wildman–Crippen MR) is 201 cm³/mol. The average molecular weight is 720 g/mol. The van der Waals surface area contributed by atoms with Gasteiger partial charge in [0.05, 0.1) is 18.5 Å². The maximum Gasteiger partial charge on any atom is 0.224 e. The second-order valence-electron chi connectivity index (χ2n) is 13.4. The van der Waals surface area contributed by atoms with Crippen LogP contribution in [0.4, 0.5) is 20.4 Å². The highest BCUT2D eigenvalue weighted by Crippen LogP contribution is 2.21. The summed E-state index contributed by atoms with van der Waals surface area (Å²) >= 11 is 0. The monoisotopic (exact) mass is 719 g/mol. The fraction of sp³-hybridized carbons (Fsp3) is 0.325. The number of aryl methyl sites for hydroxylation is 1. The first-order chi connectivity index (χ1) is 25.4. The molecule has 274 valence electrons. The molecule has 2 atom stereocenters. The Balaban J connectivity index is 0.000000204. The van der Waals surface area contributed by atoms with Crippen LogP contribution in [-0.4, -0.2) is 70.5 Å². The van der Waals surface area contributed by atoms with E-state index >= 15 is 0 Å². The number of amides is 2. The molecule has 0 spiro atoms. The lowest BCUT2D eigenvalue weighted by atomic mass is 10.0. The minimum atomic E-state index is -0.397. The topological polar surface area (TPSA) is 140 Å². The number of halogens is 2. The van der Waals surface area contributed by atoms with Crippen molar-refractivity contribution in [3.8, 4) is 6.07 Å². The first-order valence-electron chi connectivity index (χ1n) is 17.4. The molecule has 53 heavy (non-hydrogen) atoms. The molecule has 4 heterocycles. The fourth-order valence-corrected chi connectivity index (χ4v) is 6.10.